The number of hydrogen-bond acceptors (Lipinski definition) is 4. The van der Waals surface area contributed by atoms with E-state index in [1.54, 1.807) is 24.8 Å². The lowest BCUT2D eigenvalue weighted by Crippen LogP contribution is -2.24. The van der Waals surface area contributed by atoms with E-state index < -0.39 is 5.97 Å². The molecule has 3 aromatic carbocycles. The Kier molecular flexibility index (Phi) is 6.08. The van der Waals surface area contributed by atoms with E-state index >= 15 is 0 Å². The van der Waals surface area contributed by atoms with E-state index in [4.69, 9.17) is 9.47 Å². The van der Waals surface area contributed by atoms with E-state index in [0.717, 1.165) is 22.1 Å². The first-order chi connectivity index (χ1) is 15.5. The lowest BCUT2D eigenvalue weighted by Gasteiger charge is -2.18. The normalized spacial score (nSPS) is 15.0. The molecule has 1 aliphatic rings. The Bertz CT molecular complexity index is 1230. The monoisotopic (exact) mass is 427 g/mol. The molecule has 0 N–H and O–H groups in total. The molecule has 0 atom stereocenters. The van der Waals surface area contributed by atoms with Crippen molar-refractivity contribution in [1.29, 1.82) is 0 Å². The van der Waals surface area contributed by atoms with Gasteiger partial charge in [-0.25, -0.2) is 4.79 Å². The molecule has 0 spiro atoms. The number of carbonyl (C=O) groups excluding carboxylic acids is 2. The first kappa shape index (κ1) is 21.4. The molecule has 0 aliphatic carbocycles. The van der Waals surface area contributed by atoms with Gasteiger partial charge in [0.05, 0.1) is 24.4 Å². The smallest absolute Gasteiger partial charge is 0.340 e. The van der Waals surface area contributed by atoms with Crippen LogP contribution in [-0.4, -0.2) is 25.1 Å². The molecule has 3 aromatic rings. The van der Waals surface area contributed by atoms with Gasteiger partial charge in [-0.2, -0.15) is 0 Å². The highest BCUT2D eigenvalue weighted by Gasteiger charge is 2.38. The van der Waals surface area contributed by atoms with Crippen LogP contribution in [0.1, 0.15) is 26.3 Å². The molecular weight excluding hydrogens is 402 g/mol. The van der Waals surface area contributed by atoms with Gasteiger partial charge in [-0.05, 0) is 67.4 Å². The summed E-state index contributed by atoms with van der Waals surface area (Å²) in [6, 6.07) is 21.1. The molecule has 0 saturated heterocycles. The molecule has 5 heteroatoms. The maximum absolute atomic E-state index is 13.6. The minimum Gasteiger partial charge on any atom is -0.494 e. The zero-order chi connectivity index (χ0) is 22.7. The van der Waals surface area contributed by atoms with Crippen LogP contribution < -0.4 is 9.64 Å². The number of benzene rings is 3. The Balaban J connectivity index is 1.83. The summed E-state index contributed by atoms with van der Waals surface area (Å²) < 4.78 is 10.8. The van der Waals surface area contributed by atoms with Gasteiger partial charge in [-0.1, -0.05) is 42.5 Å². The fourth-order valence-corrected chi connectivity index (χ4v) is 3.98. The second-order valence-corrected chi connectivity index (χ2v) is 7.37. The SMILES string of the molecule is CCOC(=O)C1=C(C)N(c2ccc(OCC)cc2)C(=O)/C1=C\c1cccc2ccccc12. The third-order valence-electron chi connectivity index (χ3n) is 5.41. The molecule has 0 saturated carbocycles. The minimum atomic E-state index is -0.502. The maximum Gasteiger partial charge on any atom is 0.340 e. The first-order valence-electron chi connectivity index (χ1n) is 10.7. The van der Waals surface area contributed by atoms with E-state index in [9.17, 15) is 9.59 Å². The summed E-state index contributed by atoms with van der Waals surface area (Å²) in [6.45, 7) is 6.23. The van der Waals surface area contributed by atoms with Crippen molar-refractivity contribution < 1.29 is 19.1 Å². The number of esters is 1. The first-order valence-corrected chi connectivity index (χ1v) is 10.7. The molecule has 0 radical (unpaired) electrons. The Labute approximate surface area is 187 Å². The molecular formula is C27H25NO4. The van der Waals surface area contributed by atoms with Crippen molar-refractivity contribution in [1.82, 2.24) is 0 Å². The number of nitrogens with zero attached hydrogens (tertiary/aromatic N) is 1. The zero-order valence-corrected chi connectivity index (χ0v) is 18.4. The molecule has 0 bridgehead atoms. The van der Waals surface area contributed by atoms with E-state index in [0.29, 0.717) is 29.1 Å². The Morgan fingerprint density at radius 2 is 1.66 bits per heavy atom. The average molecular weight is 428 g/mol. The quantitative estimate of drug-likeness (QED) is 0.385. The highest BCUT2D eigenvalue weighted by Crippen LogP contribution is 2.36. The van der Waals surface area contributed by atoms with Gasteiger partial charge in [-0.3, -0.25) is 9.69 Å². The molecule has 32 heavy (non-hydrogen) atoms. The van der Waals surface area contributed by atoms with E-state index in [2.05, 4.69) is 0 Å². The highest BCUT2D eigenvalue weighted by molar-refractivity contribution is 6.24. The van der Waals surface area contributed by atoms with Crippen LogP contribution in [0.2, 0.25) is 0 Å². The van der Waals surface area contributed by atoms with Crippen LogP contribution in [-0.2, 0) is 14.3 Å². The summed E-state index contributed by atoms with van der Waals surface area (Å²) in [5.74, 6) is -0.0393. The lowest BCUT2D eigenvalue weighted by atomic mass is 9.99. The summed E-state index contributed by atoms with van der Waals surface area (Å²) in [5.41, 5.74) is 2.70. The highest BCUT2D eigenvalue weighted by atomic mass is 16.5. The van der Waals surface area contributed by atoms with Gasteiger partial charge < -0.3 is 9.47 Å². The number of carbonyl (C=O) groups is 2. The van der Waals surface area contributed by atoms with Crippen LogP contribution >= 0.6 is 0 Å². The van der Waals surface area contributed by atoms with E-state index in [1.165, 1.54) is 0 Å². The van der Waals surface area contributed by atoms with Gasteiger partial charge in [0.15, 0.2) is 0 Å². The van der Waals surface area contributed by atoms with Gasteiger partial charge >= 0.3 is 5.97 Å². The fourth-order valence-electron chi connectivity index (χ4n) is 3.98. The number of ether oxygens (including phenoxy) is 2. The standard InChI is InChI=1S/C27H25NO4/c1-4-31-22-15-13-21(14-16-22)28-18(3)25(27(30)32-5-2)24(26(28)29)17-20-11-8-10-19-9-6-7-12-23(19)20/h6-17H,4-5H2,1-3H3/b24-17-. The predicted molar refractivity (Wildman–Crippen MR) is 126 cm³/mol. The number of allylic oxidation sites excluding steroid dienone is 1. The van der Waals surface area contributed by atoms with Crippen LogP contribution in [0.3, 0.4) is 0 Å². The lowest BCUT2D eigenvalue weighted by molar-refractivity contribution is -0.138. The summed E-state index contributed by atoms with van der Waals surface area (Å²) in [7, 11) is 0. The molecule has 1 aliphatic heterocycles. The molecule has 4 rings (SSSR count). The Morgan fingerprint density at radius 3 is 2.38 bits per heavy atom. The summed E-state index contributed by atoms with van der Waals surface area (Å²) in [6.07, 6.45) is 1.79. The van der Waals surface area contributed by atoms with Crippen LogP contribution in [0.5, 0.6) is 5.75 Å². The van der Waals surface area contributed by atoms with Crippen molar-refractivity contribution in [3.05, 3.63) is 89.1 Å². The van der Waals surface area contributed by atoms with Gasteiger partial charge in [0.2, 0.25) is 0 Å². The summed E-state index contributed by atoms with van der Waals surface area (Å²) in [5, 5.41) is 2.07. The topological polar surface area (TPSA) is 55.8 Å². The number of rotatable bonds is 6. The number of hydrogen-bond donors (Lipinski definition) is 0. The third-order valence-corrected chi connectivity index (χ3v) is 5.41. The van der Waals surface area contributed by atoms with Gasteiger partial charge in [0.1, 0.15) is 5.75 Å². The van der Waals surface area contributed by atoms with Gasteiger partial charge in [0.25, 0.3) is 5.91 Å². The third kappa shape index (κ3) is 3.89. The molecule has 1 heterocycles. The fraction of sp³-hybridized carbons (Fsp3) is 0.185. The number of fused-ring (bicyclic) bond motifs is 1. The van der Waals surface area contributed by atoms with Crippen LogP contribution in [0, 0.1) is 0 Å². The second kappa shape index (κ2) is 9.10. The minimum absolute atomic E-state index is 0.231. The van der Waals surface area contributed by atoms with E-state index in [1.807, 2.05) is 73.7 Å². The van der Waals surface area contributed by atoms with Crippen molar-refractivity contribution in [2.75, 3.05) is 18.1 Å². The zero-order valence-electron chi connectivity index (χ0n) is 18.4. The van der Waals surface area contributed by atoms with Crippen molar-refractivity contribution in [3.63, 3.8) is 0 Å². The van der Waals surface area contributed by atoms with Crippen LogP contribution in [0.15, 0.2) is 83.6 Å². The molecule has 0 unspecified atom stereocenters. The molecule has 162 valence electrons. The summed E-state index contributed by atoms with van der Waals surface area (Å²) in [4.78, 5) is 28.0. The van der Waals surface area contributed by atoms with E-state index in [-0.39, 0.29) is 12.5 Å². The molecule has 0 aromatic heterocycles. The Morgan fingerprint density at radius 1 is 0.938 bits per heavy atom. The molecule has 0 fully saturated rings. The van der Waals surface area contributed by atoms with Crippen LogP contribution in [0.25, 0.3) is 16.8 Å². The second-order valence-electron chi connectivity index (χ2n) is 7.37. The average Bonchev–Trinajstić information content (AvgIpc) is 3.04. The van der Waals surface area contributed by atoms with Gasteiger partial charge in [-0.15, -0.1) is 0 Å². The number of anilines is 1. The van der Waals surface area contributed by atoms with Crippen molar-refractivity contribution >= 4 is 34.4 Å². The molecule has 1 amide bonds. The summed E-state index contributed by atoms with van der Waals surface area (Å²) >= 11 is 0. The largest absolute Gasteiger partial charge is 0.494 e. The predicted octanol–water partition coefficient (Wildman–Crippen LogP) is 5.51. The van der Waals surface area contributed by atoms with Gasteiger partial charge in [0, 0.05) is 11.4 Å². The van der Waals surface area contributed by atoms with Crippen LogP contribution in [0.4, 0.5) is 5.69 Å². The number of amides is 1. The van der Waals surface area contributed by atoms with Crippen molar-refractivity contribution in [2.45, 2.75) is 20.8 Å². The Hall–Kier alpha value is -3.86. The maximum atomic E-state index is 13.6. The van der Waals surface area contributed by atoms with Crippen molar-refractivity contribution in [2.24, 2.45) is 0 Å². The van der Waals surface area contributed by atoms with Crippen molar-refractivity contribution in [3.8, 4) is 5.75 Å². The molecule has 5 nitrogen and oxygen atoms in total.